The number of anilines is 1. The number of rotatable bonds is 6. The fourth-order valence-electron chi connectivity index (χ4n) is 4.71. The van der Waals surface area contributed by atoms with Crippen molar-refractivity contribution in [3.05, 3.63) is 76.4 Å². The van der Waals surface area contributed by atoms with E-state index in [0.717, 1.165) is 29.9 Å². The second-order valence-corrected chi connectivity index (χ2v) is 10.4. The summed E-state index contributed by atoms with van der Waals surface area (Å²) in [4.78, 5) is 34.6. The summed E-state index contributed by atoms with van der Waals surface area (Å²) in [7, 11) is 1.36. The van der Waals surface area contributed by atoms with E-state index in [2.05, 4.69) is 17.0 Å². The molecule has 0 radical (unpaired) electrons. The molecule has 0 aliphatic carbocycles. The van der Waals surface area contributed by atoms with Crippen LogP contribution < -0.4 is 4.90 Å². The molecule has 0 bridgehead atoms. The summed E-state index contributed by atoms with van der Waals surface area (Å²) in [5, 5.41) is 0.655. The maximum absolute atomic E-state index is 13.1. The summed E-state index contributed by atoms with van der Waals surface area (Å²) < 4.78 is 10.9. The molecule has 196 valence electrons. The first-order chi connectivity index (χ1) is 18.5. The number of nitrogens with zero attached hydrogens (tertiary/aromatic N) is 3. The van der Waals surface area contributed by atoms with E-state index in [-0.39, 0.29) is 5.91 Å². The summed E-state index contributed by atoms with van der Waals surface area (Å²) in [6.07, 6.45) is 5.53. The lowest BCUT2D eigenvalue weighted by molar-refractivity contribution is -0.122. The number of furan rings is 1. The van der Waals surface area contributed by atoms with Gasteiger partial charge in [-0.25, -0.2) is 9.79 Å². The first-order valence-electron chi connectivity index (χ1n) is 12.9. The van der Waals surface area contributed by atoms with E-state index in [0.29, 0.717) is 33.7 Å². The van der Waals surface area contributed by atoms with Crippen LogP contribution in [0.1, 0.15) is 47.9 Å². The standard InChI is InChI=1S/C30H31N3O4S/c1-4-33-28(34)27(38-30(33)31-22-10-12-23(13-11-22)32-16-6-5-7-17-32)19-24-14-15-26(37-24)25-18-21(29(35)36-3)9-8-20(25)2/h8-15,18-19H,4-7,16-17H2,1-3H3/b27-19-,31-30?. The van der Waals surface area contributed by atoms with Crippen LogP contribution >= 0.6 is 11.8 Å². The third-order valence-electron chi connectivity index (χ3n) is 6.82. The predicted molar refractivity (Wildman–Crippen MR) is 153 cm³/mol. The third-order valence-corrected chi connectivity index (χ3v) is 7.83. The number of aryl methyl sites for hydroxylation is 1. The number of esters is 1. The smallest absolute Gasteiger partial charge is 0.337 e. The van der Waals surface area contributed by atoms with Gasteiger partial charge in [0.1, 0.15) is 11.5 Å². The number of carbonyl (C=O) groups excluding carboxylic acids is 2. The molecule has 0 saturated carbocycles. The van der Waals surface area contributed by atoms with E-state index < -0.39 is 5.97 Å². The lowest BCUT2D eigenvalue weighted by Gasteiger charge is -2.28. The number of thioether (sulfide) groups is 1. The monoisotopic (exact) mass is 529 g/mol. The van der Waals surface area contributed by atoms with Gasteiger partial charge in [-0.15, -0.1) is 0 Å². The van der Waals surface area contributed by atoms with Crippen LogP contribution in [0.5, 0.6) is 0 Å². The Hall–Kier alpha value is -3.78. The van der Waals surface area contributed by atoms with Gasteiger partial charge in [0, 0.05) is 37.0 Å². The molecule has 8 heteroatoms. The number of likely N-dealkylation sites (N-methyl/N-ethyl adjacent to an activating group) is 1. The summed E-state index contributed by atoms with van der Waals surface area (Å²) in [6.45, 7) is 6.62. The number of carbonyl (C=O) groups is 2. The number of aliphatic imine (C=N–C) groups is 1. The Labute approximate surface area is 227 Å². The molecule has 2 fully saturated rings. The van der Waals surface area contributed by atoms with E-state index in [1.807, 2.05) is 44.2 Å². The predicted octanol–water partition coefficient (Wildman–Crippen LogP) is 6.66. The number of methoxy groups -OCH3 is 1. The molecule has 3 aromatic rings. The minimum atomic E-state index is -0.402. The summed E-state index contributed by atoms with van der Waals surface area (Å²) >= 11 is 1.35. The summed E-state index contributed by atoms with van der Waals surface area (Å²) in [6, 6.07) is 17.3. The molecule has 0 N–H and O–H groups in total. The number of amides is 1. The number of amidine groups is 1. The number of hydrogen-bond donors (Lipinski definition) is 0. The zero-order valence-electron chi connectivity index (χ0n) is 21.9. The van der Waals surface area contributed by atoms with Crippen LogP contribution in [0, 0.1) is 6.92 Å². The molecular formula is C30H31N3O4S. The van der Waals surface area contributed by atoms with Gasteiger partial charge in [-0.1, -0.05) is 6.07 Å². The van der Waals surface area contributed by atoms with Crippen LogP contribution in [0.25, 0.3) is 17.4 Å². The molecule has 2 aromatic carbocycles. The largest absolute Gasteiger partial charge is 0.465 e. The van der Waals surface area contributed by atoms with E-state index in [1.165, 1.54) is 43.8 Å². The van der Waals surface area contributed by atoms with Crippen LogP contribution in [0.15, 0.2) is 68.9 Å². The van der Waals surface area contributed by atoms with Crippen molar-refractivity contribution < 1.29 is 18.7 Å². The van der Waals surface area contributed by atoms with Crippen LogP contribution in [0.3, 0.4) is 0 Å². The van der Waals surface area contributed by atoms with Crippen LogP contribution in [0.4, 0.5) is 11.4 Å². The molecule has 0 atom stereocenters. The first kappa shape index (κ1) is 25.9. The third kappa shape index (κ3) is 5.41. The Kier molecular flexibility index (Phi) is 7.69. The lowest BCUT2D eigenvalue weighted by Crippen LogP contribution is -2.29. The lowest BCUT2D eigenvalue weighted by atomic mass is 10.0. The highest BCUT2D eigenvalue weighted by Crippen LogP contribution is 2.36. The zero-order valence-corrected chi connectivity index (χ0v) is 22.7. The molecule has 38 heavy (non-hydrogen) atoms. The summed E-state index contributed by atoms with van der Waals surface area (Å²) in [5.74, 6) is 0.677. The van der Waals surface area contributed by atoms with Crippen molar-refractivity contribution in [1.29, 1.82) is 0 Å². The maximum Gasteiger partial charge on any atom is 0.337 e. The molecule has 1 aromatic heterocycles. The van der Waals surface area contributed by atoms with Crippen molar-refractivity contribution in [1.82, 2.24) is 4.90 Å². The van der Waals surface area contributed by atoms with Gasteiger partial charge in [-0.05, 0) is 99.0 Å². The Morgan fingerprint density at radius 2 is 1.84 bits per heavy atom. The van der Waals surface area contributed by atoms with Crippen molar-refractivity contribution >= 4 is 46.3 Å². The zero-order chi connectivity index (χ0) is 26.6. The van der Waals surface area contributed by atoms with Gasteiger partial charge < -0.3 is 14.1 Å². The quantitative estimate of drug-likeness (QED) is 0.263. The minimum absolute atomic E-state index is 0.0944. The normalized spacial score (nSPS) is 18.0. The van der Waals surface area contributed by atoms with E-state index >= 15 is 0 Å². The van der Waals surface area contributed by atoms with Crippen LogP contribution in [-0.4, -0.2) is 48.7 Å². The average Bonchev–Trinajstić information content (AvgIpc) is 3.53. The molecule has 1 amide bonds. The second-order valence-electron chi connectivity index (χ2n) is 9.34. The molecule has 2 saturated heterocycles. The topological polar surface area (TPSA) is 75.3 Å². The molecule has 2 aliphatic rings. The highest BCUT2D eigenvalue weighted by molar-refractivity contribution is 8.18. The van der Waals surface area contributed by atoms with Crippen LogP contribution in [0.2, 0.25) is 0 Å². The molecule has 7 nitrogen and oxygen atoms in total. The van der Waals surface area contributed by atoms with Crippen molar-refractivity contribution in [2.75, 3.05) is 31.6 Å². The highest BCUT2D eigenvalue weighted by atomic mass is 32.2. The maximum atomic E-state index is 13.1. The van der Waals surface area contributed by atoms with Crippen LogP contribution in [-0.2, 0) is 9.53 Å². The molecular weight excluding hydrogens is 498 g/mol. The fraction of sp³-hybridized carbons (Fsp3) is 0.300. The van der Waals surface area contributed by atoms with Crippen molar-refractivity contribution in [3.8, 4) is 11.3 Å². The highest BCUT2D eigenvalue weighted by Gasteiger charge is 2.32. The first-order valence-corrected chi connectivity index (χ1v) is 13.7. The van der Waals surface area contributed by atoms with Crippen molar-refractivity contribution in [2.24, 2.45) is 4.99 Å². The fourth-order valence-corrected chi connectivity index (χ4v) is 5.75. The van der Waals surface area contributed by atoms with Gasteiger partial charge in [0.2, 0.25) is 0 Å². The van der Waals surface area contributed by atoms with Crippen molar-refractivity contribution in [2.45, 2.75) is 33.1 Å². The number of benzene rings is 2. The second kappa shape index (κ2) is 11.3. The average molecular weight is 530 g/mol. The molecule has 5 rings (SSSR count). The van der Waals surface area contributed by atoms with Gasteiger partial charge in [0.05, 0.1) is 23.3 Å². The van der Waals surface area contributed by atoms with Gasteiger partial charge in [-0.3, -0.25) is 9.69 Å². The van der Waals surface area contributed by atoms with Gasteiger partial charge in [-0.2, -0.15) is 0 Å². The Morgan fingerprint density at radius 3 is 2.55 bits per heavy atom. The Morgan fingerprint density at radius 1 is 1.08 bits per heavy atom. The number of piperidine rings is 1. The molecule has 2 aliphatic heterocycles. The molecule has 3 heterocycles. The van der Waals surface area contributed by atoms with E-state index in [4.69, 9.17) is 14.1 Å². The van der Waals surface area contributed by atoms with Gasteiger partial charge in [0.15, 0.2) is 5.17 Å². The SMILES string of the molecule is CCN1C(=O)/C(=C/c2ccc(-c3cc(C(=O)OC)ccc3C)o2)SC1=Nc1ccc(N2CCCCC2)cc1. The number of hydrogen-bond acceptors (Lipinski definition) is 7. The van der Waals surface area contributed by atoms with Gasteiger partial charge >= 0.3 is 5.97 Å². The van der Waals surface area contributed by atoms with Crippen molar-refractivity contribution in [3.63, 3.8) is 0 Å². The molecule has 0 unspecified atom stereocenters. The Bertz CT molecular complexity index is 1400. The van der Waals surface area contributed by atoms with E-state index in [1.54, 1.807) is 23.1 Å². The van der Waals surface area contributed by atoms with E-state index in [9.17, 15) is 9.59 Å². The molecule has 0 spiro atoms. The summed E-state index contributed by atoms with van der Waals surface area (Å²) in [5.41, 5.74) is 4.26. The Balaban J connectivity index is 1.36. The number of ether oxygens (including phenoxy) is 1. The minimum Gasteiger partial charge on any atom is -0.465 e. The van der Waals surface area contributed by atoms with Gasteiger partial charge in [0.25, 0.3) is 5.91 Å².